The Kier molecular flexibility index (Phi) is 1.26. The van der Waals surface area contributed by atoms with Gasteiger partial charge < -0.3 is 5.73 Å². The lowest BCUT2D eigenvalue weighted by atomic mass is 10.6. The van der Waals surface area contributed by atoms with Crippen molar-refractivity contribution in [1.82, 2.24) is 9.97 Å². The average molecular weight is 131 g/mol. The first kappa shape index (κ1) is 5.87. The van der Waals surface area contributed by atoms with Crippen LogP contribution in [-0.2, 0) is 0 Å². The molecule has 0 aliphatic carbocycles. The third kappa shape index (κ3) is 1.31. The quantitative estimate of drug-likeness (QED) is 0.408. The lowest BCUT2D eigenvalue weighted by Crippen LogP contribution is -1.97. The van der Waals surface area contributed by atoms with Crippen molar-refractivity contribution in [3.63, 3.8) is 0 Å². The van der Waals surface area contributed by atoms with Crippen LogP contribution in [0, 0.1) is 12.0 Å². The molecule has 0 bridgehead atoms. The van der Waals surface area contributed by atoms with Crippen molar-refractivity contribution < 1.29 is 8.78 Å². The highest BCUT2D eigenvalue weighted by atomic mass is 19.1. The van der Waals surface area contributed by atoms with Gasteiger partial charge in [0.15, 0.2) is 0 Å². The second kappa shape index (κ2) is 1.93. The van der Waals surface area contributed by atoms with Gasteiger partial charge in [-0.2, -0.15) is 18.7 Å². The van der Waals surface area contributed by atoms with Crippen LogP contribution < -0.4 is 5.73 Å². The summed E-state index contributed by atoms with van der Waals surface area (Å²) in [5.74, 6) is -1.17. The fraction of sp³-hybridized carbons (Fsp3) is 0. The molecule has 0 saturated heterocycles. The number of nitrogen functional groups attached to an aromatic ring is 1. The molecular weight excluding hydrogens is 128 g/mol. The maximum Gasteiger partial charge on any atom is 0.313 e. The van der Waals surface area contributed by atoms with E-state index in [0.717, 1.165) is 6.07 Å². The van der Waals surface area contributed by atoms with Crippen molar-refractivity contribution in [2.45, 2.75) is 0 Å². The van der Waals surface area contributed by atoms with Crippen molar-refractivity contribution in [2.75, 3.05) is 5.73 Å². The summed E-state index contributed by atoms with van der Waals surface area (Å²) in [4.78, 5) is 5.70. The van der Waals surface area contributed by atoms with Gasteiger partial charge in [0, 0.05) is 6.07 Å². The molecule has 1 rings (SSSR count). The zero-order valence-corrected chi connectivity index (χ0v) is 4.31. The van der Waals surface area contributed by atoms with E-state index in [1.165, 1.54) is 0 Å². The highest BCUT2D eigenvalue weighted by Gasteiger charge is 1.97. The molecule has 3 nitrogen and oxygen atoms in total. The number of rotatable bonds is 0. The Morgan fingerprint density at radius 1 is 1.33 bits per heavy atom. The maximum absolute atomic E-state index is 12.0. The number of halogens is 2. The van der Waals surface area contributed by atoms with Crippen molar-refractivity contribution in [3.8, 4) is 0 Å². The van der Waals surface area contributed by atoms with Gasteiger partial charge in [-0.25, -0.2) is 0 Å². The van der Waals surface area contributed by atoms with E-state index < -0.39 is 12.0 Å². The summed E-state index contributed by atoms with van der Waals surface area (Å²) >= 11 is 0. The van der Waals surface area contributed by atoms with Gasteiger partial charge in [-0.15, -0.1) is 0 Å². The summed E-state index contributed by atoms with van der Waals surface area (Å²) in [6, 6.07) is 0.836. The lowest BCUT2D eigenvalue weighted by molar-refractivity contribution is 0.485. The Balaban J connectivity index is 3.17. The molecule has 0 aromatic carbocycles. The molecule has 0 aliphatic heterocycles. The highest BCUT2D eigenvalue weighted by molar-refractivity contribution is 5.23. The number of nitrogens with two attached hydrogens (primary N) is 1. The van der Waals surface area contributed by atoms with Gasteiger partial charge in [-0.1, -0.05) is 0 Å². The number of hydrogen-bond donors (Lipinski definition) is 1. The van der Waals surface area contributed by atoms with Crippen LogP contribution >= 0.6 is 0 Å². The average Bonchev–Trinajstić information content (AvgIpc) is 1.59. The van der Waals surface area contributed by atoms with E-state index in [1.807, 2.05) is 0 Å². The minimum absolute atomic E-state index is 0.208. The van der Waals surface area contributed by atoms with Crippen molar-refractivity contribution >= 4 is 5.82 Å². The van der Waals surface area contributed by atoms with Crippen LogP contribution in [0.4, 0.5) is 14.6 Å². The van der Waals surface area contributed by atoms with E-state index in [1.54, 1.807) is 0 Å². The second-order valence-electron chi connectivity index (χ2n) is 1.38. The van der Waals surface area contributed by atoms with E-state index in [4.69, 9.17) is 5.73 Å². The Labute approximate surface area is 49.5 Å². The van der Waals surface area contributed by atoms with E-state index in [2.05, 4.69) is 9.97 Å². The van der Waals surface area contributed by atoms with Crippen LogP contribution in [0.3, 0.4) is 0 Å². The molecule has 0 atom stereocenters. The third-order valence-corrected chi connectivity index (χ3v) is 0.687. The molecule has 0 spiro atoms. The van der Waals surface area contributed by atoms with Crippen molar-refractivity contribution in [1.29, 1.82) is 0 Å². The summed E-state index contributed by atoms with van der Waals surface area (Å²) in [5.41, 5.74) is 4.93. The fourth-order valence-corrected chi connectivity index (χ4v) is 0.406. The first-order valence-corrected chi connectivity index (χ1v) is 2.14. The zero-order chi connectivity index (χ0) is 6.85. The summed E-state index contributed by atoms with van der Waals surface area (Å²) in [7, 11) is 0. The van der Waals surface area contributed by atoms with Crippen LogP contribution in [0.1, 0.15) is 0 Å². The molecule has 0 amide bonds. The van der Waals surface area contributed by atoms with Crippen LogP contribution in [0.5, 0.6) is 0 Å². The van der Waals surface area contributed by atoms with Gasteiger partial charge in [0.1, 0.15) is 5.82 Å². The summed E-state index contributed by atoms with van der Waals surface area (Å²) in [6.45, 7) is 0. The molecule has 1 heterocycles. The lowest BCUT2D eigenvalue weighted by Gasteiger charge is -1.89. The molecule has 1 aromatic heterocycles. The molecule has 48 valence electrons. The Hall–Kier alpha value is -1.26. The molecule has 2 N–H and O–H groups in total. The predicted octanol–water partition coefficient (Wildman–Crippen LogP) is 0.337. The molecule has 0 aliphatic rings. The minimum atomic E-state index is -1.15. The van der Waals surface area contributed by atoms with Crippen LogP contribution in [0.2, 0.25) is 0 Å². The largest absolute Gasteiger partial charge is 0.383 e. The number of aromatic nitrogens is 2. The molecule has 0 radical (unpaired) electrons. The van der Waals surface area contributed by atoms with Gasteiger partial charge in [0.2, 0.25) is 5.95 Å². The smallest absolute Gasteiger partial charge is 0.313 e. The van der Waals surface area contributed by atoms with Crippen molar-refractivity contribution in [2.24, 2.45) is 0 Å². The standard InChI is InChI=1S/C4H3F2N3/c5-2-1-3(7)9-4(6)8-2/h1H,(H2,7,8,9). The van der Waals surface area contributed by atoms with Gasteiger partial charge in [0.05, 0.1) is 0 Å². The molecule has 0 unspecified atom stereocenters. The first-order valence-electron chi connectivity index (χ1n) is 2.14. The van der Waals surface area contributed by atoms with Crippen molar-refractivity contribution in [3.05, 3.63) is 18.1 Å². The number of nitrogens with zero attached hydrogens (tertiary/aromatic N) is 2. The molecular formula is C4H3F2N3. The van der Waals surface area contributed by atoms with Crippen LogP contribution in [0.25, 0.3) is 0 Å². The summed E-state index contributed by atoms with van der Waals surface area (Å²) < 4.78 is 23.8. The highest BCUT2D eigenvalue weighted by Crippen LogP contribution is 1.98. The zero-order valence-electron chi connectivity index (χ0n) is 4.31. The van der Waals surface area contributed by atoms with E-state index >= 15 is 0 Å². The van der Waals surface area contributed by atoms with E-state index in [9.17, 15) is 8.78 Å². The molecule has 9 heavy (non-hydrogen) atoms. The Bertz CT molecular complexity index is 175. The first-order chi connectivity index (χ1) is 4.18. The number of hydrogen-bond acceptors (Lipinski definition) is 3. The number of anilines is 1. The molecule has 5 heteroatoms. The minimum Gasteiger partial charge on any atom is -0.383 e. The molecule has 1 aromatic rings. The Morgan fingerprint density at radius 2 is 2.00 bits per heavy atom. The predicted molar refractivity (Wildman–Crippen MR) is 26.4 cm³/mol. The summed E-state index contributed by atoms with van der Waals surface area (Å²) in [6.07, 6.45) is -1.15. The molecule has 0 saturated carbocycles. The molecule has 0 fully saturated rings. The fourth-order valence-electron chi connectivity index (χ4n) is 0.406. The van der Waals surface area contributed by atoms with E-state index in [-0.39, 0.29) is 5.82 Å². The van der Waals surface area contributed by atoms with Crippen LogP contribution in [-0.4, -0.2) is 9.97 Å². The second-order valence-corrected chi connectivity index (χ2v) is 1.38. The van der Waals surface area contributed by atoms with E-state index in [0.29, 0.717) is 0 Å². The third-order valence-electron chi connectivity index (χ3n) is 0.687. The SMILES string of the molecule is Nc1cc(F)nc(F)n1. The normalized spacial score (nSPS) is 9.56. The topological polar surface area (TPSA) is 51.8 Å². The monoisotopic (exact) mass is 131 g/mol. The van der Waals surface area contributed by atoms with Gasteiger partial charge >= 0.3 is 6.08 Å². The summed E-state index contributed by atoms with van der Waals surface area (Å²) in [5, 5.41) is 0. The van der Waals surface area contributed by atoms with Gasteiger partial charge in [-0.05, 0) is 0 Å². The van der Waals surface area contributed by atoms with Gasteiger partial charge in [0.25, 0.3) is 0 Å². The van der Waals surface area contributed by atoms with Gasteiger partial charge in [-0.3, -0.25) is 0 Å². The van der Waals surface area contributed by atoms with Crippen LogP contribution in [0.15, 0.2) is 6.07 Å². The Morgan fingerprint density at radius 3 is 2.44 bits per heavy atom. The maximum atomic E-state index is 12.0.